The minimum absolute atomic E-state index is 0.00661. The van der Waals surface area contributed by atoms with Crippen molar-refractivity contribution in [3.05, 3.63) is 0 Å². The highest BCUT2D eigenvalue weighted by molar-refractivity contribution is 7.99. The van der Waals surface area contributed by atoms with Gasteiger partial charge in [-0.2, -0.15) is 13.2 Å². The lowest BCUT2D eigenvalue weighted by Gasteiger charge is -2.20. The van der Waals surface area contributed by atoms with Gasteiger partial charge in [-0.25, -0.2) is 0 Å². The van der Waals surface area contributed by atoms with Gasteiger partial charge in [-0.05, 0) is 5.92 Å². The molecule has 0 spiro atoms. The smallest absolute Gasteiger partial charge is 0.389 e. The van der Waals surface area contributed by atoms with Crippen LogP contribution in [0.3, 0.4) is 0 Å². The number of alkyl halides is 3. The first-order valence-corrected chi connectivity index (χ1v) is 5.63. The van der Waals surface area contributed by atoms with Gasteiger partial charge < -0.3 is 4.74 Å². The average molecular weight is 244 g/mol. The Morgan fingerprint density at radius 1 is 1.40 bits per heavy atom. The van der Waals surface area contributed by atoms with E-state index < -0.39 is 24.0 Å². The van der Waals surface area contributed by atoms with Crippen LogP contribution in [-0.4, -0.2) is 23.3 Å². The molecule has 0 amide bonds. The first-order valence-electron chi connectivity index (χ1n) is 4.58. The summed E-state index contributed by atoms with van der Waals surface area (Å²) in [5.74, 6) is -0.542. The second-order valence-corrected chi connectivity index (χ2v) is 4.66. The summed E-state index contributed by atoms with van der Waals surface area (Å²) in [5.41, 5.74) is -0.496. The van der Waals surface area contributed by atoms with Crippen molar-refractivity contribution >= 4 is 17.7 Å². The molecule has 0 saturated carbocycles. The highest BCUT2D eigenvalue weighted by Gasteiger charge is 2.28. The second kappa shape index (κ2) is 6.25. The summed E-state index contributed by atoms with van der Waals surface area (Å²) in [6.45, 7) is 4.85. The van der Waals surface area contributed by atoms with Gasteiger partial charge in [0.25, 0.3) is 0 Å². The van der Waals surface area contributed by atoms with Gasteiger partial charge in [-0.1, -0.05) is 13.8 Å². The third-order valence-corrected chi connectivity index (χ3v) is 2.90. The molecule has 0 bridgehead atoms. The Hall–Kier alpha value is -0.390. The molecular weight excluding hydrogens is 229 g/mol. The van der Waals surface area contributed by atoms with E-state index in [-0.39, 0.29) is 11.7 Å². The Labute approximate surface area is 91.6 Å². The first-order chi connectivity index (χ1) is 6.72. The van der Waals surface area contributed by atoms with E-state index in [2.05, 4.69) is 0 Å². The molecule has 1 atom stereocenters. The van der Waals surface area contributed by atoms with Crippen LogP contribution in [0.5, 0.6) is 0 Å². The third-order valence-electron chi connectivity index (χ3n) is 1.49. The van der Waals surface area contributed by atoms with Crippen LogP contribution < -0.4 is 0 Å². The van der Waals surface area contributed by atoms with E-state index in [0.29, 0.717) is 0 Å². The first kappa shape index (κ1) is 14.6. The molecule has 0 radical (unpaired) electrons. The molecule has 0 aromatic carbocycles. The van der Waals surface area contributed by atoms with E-state index in [1.54, 1.807) is 13.8 Å². The number of rotatable bonds is 5. The van der Waals surface area contributed by atoms with Crippen molar-refractivity contribution in [1.82, 2.24) is 0 Å². The third kappa shape index (κ3) is 8.59. The van der Waals surface area contributed by atoms with Crippen LogP contribution in [0.1, 0.15) is 27.2 Å². The molecule has 0 aliphatic carbocycles. The van der Waals surface area contributed by atoms with Crippen LogP contribution >= 0.6 is 11.8 Å². The molecule has 0 aliphatic heterocycles. The average Bonchev–Trinajstić information content (AvgIpc) is 1.99. The minimum atomic E-state index is -4.15. The molecule has 0 heterocycles. The van der Waals surface area contributed by atoms with E-state index in [0.717, 1.165) is 11.8 Å². The Kier molecular flexibility index (Phi) is 6.09. The summed E-state index contributed by atoms with van der Waals surface area (Å²) in [6.07, 6.45) is -5.01. The predicted octanol–water partition coefficient (Wildman–Crippen LogP) is 3.22. The van der Waals surface area contributed by atoms with Crippen molar-refractivity contribution < 1.29 is 22.7 Å². The molecule has 6 heteroatoms. The Morgan fingerprint density at radius 2 is 1.93 bits per heavy atom. The molecule has 2 nitrogen and oxygen atoms in total. The van der Waals surface area contributed by atoms with Gasteiger partial charge in [0.15, 0.2) is 0 Å². The van der Waals surface area contributed by atoms with Crippen LogP contribution in [0.4, 0.5) is 13.2 Å². The molecule has 0 fully saturated rings. The molecule has 90 valence electrons. The van der Waals surface area contributed by atoms with Gasteiger partial charge in [0, 0.05) is 12.7 Å². The Morgan fingerprint density at radius 3 is 2.27 bits per heavy atom. The zero-order valence-electron chi connectivity index (χ0n) is 8.93. The fourth-order valence-electron chi connectivity index (χ4n) is 0.817. The van der Waals surface area contributed by atoms with Gasteiger partial charge in [-0.3, -0.25) is 4.79 Å². The number of carbonyl (C=O) groups excluding carboxylic acids is 1. The maximum Gasteiger partial charge on any atom is 0.389 e. The van der Waals surface area contributed by atoms with Crippen molar-refractivity contribution in [1.29, 1.82) is 0 Å². The Bertz CT molecular complexity index is 204. The lowest BCUT2D eigenvalue weighted by atomic mass is 10.2. The van der Waals surface area contributed by atoms with Crippen LogP contribution in [0.15, 0.2) is 0 Å². The zero-order valence-corrected chi connectivity index (χ0v) is 9.74. The maximum atomic E-state index is 11.8. The van der Waals surface area contributed by atoms with Crippen molar-refractivity contribution in [2.75, 3.05) is 5.75 Å². The van der Waals surface area contributed by atoms with Crippen molar-refractivity contribution in [3.63, 3.8) is 0 Å². The number of carbonyl (C=O) groups is 1. The van der Waals surface area contributed by atoms with Crippen molar-refractivity contribution in [2.24, 2.45) is 5.92 Å². The van der Waals surface area contributed by atoms with Crippen LogP contribution in [0.25, 0.3) is 0 Å². The van der Waals surface area contributed by atoms with Gasteiger partial charge in [0.05, 0.1) is 6.42 Å². The highest BCUT2D eigenvalue weighted by atomic mass is 32.2. The monoisotopic (exact) mass is 244 g/mol. The molecule has 0 aromatic heterocycles. The SMILES string of the molecule is CC(=O)OC(SCCC(F)(F)F)C(C)C. The van der Waals surface area contributed by atoms with E-state index in [4.69, 9.17) is 4.74 Å². The van der Waals surface area contributed by atoms with Crippen molar-refractivity contribution in [3.8, 4) is 0 Å². The summed E-state index contributed by atoms with van der Waals surface area (Å²) in [7, 11) is 0. The fourth-order valence-corrected chi connectivity index (χ4v) is 1.99. The predicted molar refractivity (Wildman–Crippen MR) is 53.5 cm³/mol. The Balaban J connectivity index is 3.92. The molecule has 0 saturated heterocycles. The van der Waals surface area contributed by atoms with Gasteiger partial charge in [0.1, 0.15) is 5.44 Å². The molecule has 15 heavy (non-hydrogen) atoms. The van der Waals surface area contributed by atoms with E-state index in [1.165, 1.54) is 6.92 Å². The summed E-state index contributed by atoms with van der Waals surface area (Å²) in [6, 6.07) is 0. The van der Waals surface area contributed by atoms with Gasteiger partial charge in [0.2, 0.25) is 0 Å². The van der Waals surface area contributed by atoms with Crippen LogP contribution in [0, 0.1) is 5.92 Å². The number of hydrogen-bond donors (Lipinski definition) is 0. The fraction of sp³-hybridized carbons (Fsp3) is 0.889. The zero-order chi connectivity index (χ0) is 12.1. The summed E-state index contributed by atoms with van der Waals surface area (Å²) in [5, 5.41) is 0. The molecular formula is C9H15F3O2S. The van der Waals surface area contributed by atoms with Gasteiger partial charge in [-0.15, -0.1) is 11.8 Å². The lowest BCUT2D eigenvalue weighted by Crippen LogP contribution is -2.20. The quantitative estimate of drug-likeness (QED) is 0.548. The number of thioether (sulfide) groups is 1. The summed E-state index contributed by atoms with van der Waals surface area (Å²) in [4.78, 5) is 10.7. The van der Waals surface area contributed by atoms with Crippen LogP contribution in [0.2, 0.25) is 0 Å². The number of hydrogen-bond acceptors (Lipinski definition) is 3. The summed E-state index contributed by atoms with van der Waals surface area (Å²) >= 11 is 1.02. The largest absolute Gasteiger partial charge is 0.451 e. The summed E-state index contributed by atoms with van der Waals surface area (Å²) < 4.78 is 40.4. The highest BCUT2D eigenvalue weighted by Crippen LogP contribution is 2.27. The topological polar surface area (TPSA) is 26.3 Å². The maximum absolute atomic E-state index is 11.8. The molecule has 0 rings (SSSR count). The number of ether oxygens (including phenoxy) is 1. The number of halogens is 3. The standard InChI is InChI=1S/C9H15F3O2S/c1-6(2)8(14-7(3)13)15-5-4-9(10,11)12/h6,8H,4-5H2,1-3H3. The lowest BCUT2D eigenvalue weighted by molar-refractivity contribution is -0.143. The second-order valence-electron chi connectivity index (χ2n) is 3.46. The molecule has 1 unspecified atom stereocenters. The van der Waals surface area contributed by atoms with Crippen molar-refractivity contribution in [2.45, 2.75) is 38.8 Å². The normalized spacial score (nSPS) is 14.1. The van der Waals surface area contributed by atoms with Gasteiger partial charge >= 0.3 is 12.1 Å². The van der Waals surface area contributed by atoms with Crippen LogP contribution in [-0.2, 0) is 9.53 Å². The molecule has 0 aliphatic rings. The number of esters is 1. The van der Waals surface area contributed by atoms with E-state index in [9.17, 15) is 18.0 Å². The molecule has 0 N–H and O–H groups in total. The minimum Gasteiger partial charge on any atom is -0.451 e. The van der Waals surface area contributed by atoms with E-state index in [1.807, 2.05) is 0 Å². The van der Waals surface area contributed by atoms with E-state index >= 15 is 0 Å². The molecule has 0 aromatic rings.